The van der Waals surface area contributed by atoms with Crippen LogP contribution < -0.4 is 5.32 Å². The van der Waals surface area contributed by atoms with Gasteiger partial charge in [-0.3, -0.25) is 9.59 Å². The number of rotatable bonds is 2. The van der Waals surface area contributed by atoms with Crippen LogP contribution in [0.2, 0.25) is 0 Å². The maximum atomic E-state index is 11.8. The normalized spacial score (nSPS) is 17.8. The third kappa shape index (κ3) is 4.30. The lowest BCUT2D eigenvalue weighted by molar-refractivity contribution is -0.149. The highest BCUT2D eigenvalue weighted by atomic mass is 16.5. The average molecular weight is 315 g/mol. The molecule has 0 radical (unpaired) electrons. The number of esters is 1. The van der Waals surface area contributed by atoms with Crippen molar-refractivity contribution in [2.24, 2.45) is 0 Å². The topological polar surface area (TPSA) is 82.4 Å². The molecule has 1 aliphatic heterocycles. The number of carbonyl (C=O) groups is 2. The molecular formula is C17H21N3O3. The molecule has 1 aliphatic carbocycles. The van der Waals surface area contributed by atoms with Gasteiger partial charge in [-0.15, -0.1) is 0 Å². The van der Waals surface area contributed by atoms with Gasteiger partial charge in [0.25, 0.3) is 0 Å². The van der Waals surface area contributed by atoms with Crippen molar-refractivity contribution >= 4 is 11.9 Å². The number of piperazine rings is 1. The van der Waals surface area contributed by atoms with E-state index >= 15 is 0 Å². The zero-order chi connectivity index (χ0) is 16.9. The molecule has 1 saturated carbocycles. The van der Waals surface area contributed by atoms with Gasteiger partial charge >= 0.3 is 5.97 Å². The van der Waals surface area contributed by atoms with Crippen molar-refractivity contribution in [1.82, 2.24) is 10.2 Å². The molecule has 1 heterocycles. The number of hydrogen-bond acceptors (Lipinski definition) is 5. The van der Waals surface area contributed by atoms with Gasteiger partial charge in [-0.2, -0.15) is 5.26 Å². The molecule has 0 bridgehead atoms. The van der Waals surface area contributed by atoms with Crippen LogP contribution in [-0.4, -0.2) is 49.1 Å². The molecule has 6 nitrogen and oxygen atoms in total. The van der Waals surface area contributed by atoms with E-state index in [0.717, 1.165) is 24.9 Å². The standard InChI is InChI=1S/C9H14N2O3.C8H7N/c1-14-7(12)6-11-5-4-10-9(2-3-9)8(11)13;1-7-2-4-8(6-9)5-3-7/h10H,2-6H2,1H3;2-5H,1H3. The Labute approximate surface area is 136 Å². The fourth-order valence-electron chi connectivity index (χ4n) is 2.42. The van der Waals surface area contributed by atoms with E-state index in [4.69, 9.17) is 5.26 Å². The smallest absolute Gasteiger partial charge is 0.325 e. The van der Waals surface area contributed by atoms with Gasteiger partial charge in [-0.1, -0.05) is 17.7 Å². The van der Waals surface area contributed by atoms with E-state index in [0.29, 0.717) is 6.54 Å². The van der Waals surface area contributed by atoms with E-state index in [-0.39, 0.29) is 24.0 Å². The third-order valence-electron chi connectivity index (χ3n) is 4.02. The van der Waals surface area contributed by atoms with Crippen LogP contribution in [0.3, 0.4) is 0 Å². The highest BCUT2D eigenvalue weighted by molar-refractivity contribution is 5.92. The van der Waals surface area contributed by atoms with Gasteiger partial charge in [0.1, 0.15) is 6.54 Å². The molecule has 1 N–H and O–H groups in total. The van der Waals surface area contributed by atoms with Gasteiger partial charge in [0.15, 0.2) is 0 Å². The number of nitriles is 1. The second kappa shape index (κ2) is 7.25. The summed E-state index contributed by atoms with van der Waals surface area (Å²) in [4.78, 5) is 24.4. The first kappa shape index (κ1) is 17.0. The van der Waals surface area contributed by atoms with Crippen LogP contribution in [0.4, 0.5) is 0 Å². The number of carbonyl (C=O) groups excluding carboxylic acids is 2. The van der Waals surface area contributed by atoms with E-state index in [2.05, 4.69) is 16.1 Å². The molecule has 0 atom stereocenters. The van der Waals surface area contributed by atoms with E-state index in [9.17, 15) is 9.59 Å². The van der Waals surface area contributed by atoms with Crippen molar-refractivity contribution in [3.8, 4) is 6.07 Å². The summed E-state index contributed by atoms with van der Waals surface area (Å²) in [7, 11) is 1.34. The van der Waals surface area contributed by atoms with E-state index in [1.165, 1.54) is 12.7 Å². The second-order valence-corrected chi connectivity index (χ2v) is 5.79. The minimum absolute atomic E-state index is 0.0501. The SMILES string of the molecule is COC(=O)CN1CCNC2(CC2)C1=O.Cc1ccc(C#N)cc1. The summed E-state index contributed by atoms with van der Waals surface area (Å²) in [6, 6.07) is 9.54. The lowest BCUT2D eigenvalue weighted by Crippen LogP contribution is -2.57. The number of nitrogens with zero attached hydrogens (tertiary/aromatic N) is 2. The molecule has 3 rings (SSSR count). The first-order valence-electron chi connectivity index (χ1n) is 7.59. The largest absolute Gasteiger partial charge is 0.468 e. The fraction of sp³-hybridized carbons (Fsp3) is 0.471. The van der Waals surface area contributed by atoms with Crippen LogP contribution >= 0.6 is 0 Å². The molecule has 2 aliphatic rings. The Morgan fingerprint density at radius 2 is 2.04 bits per heavy atom. The summed E-state index contributed by atoms with van der Waals surface area (Å²) in [5.41, 5.74) is 1.58. The number of hydrogen-bond donors (Lipinski definition) is 1. The molecular weight excluding hydrogens is 294 g/mol. The van der Waals surface area contributed by atoms with E-state index < -0.39 is 0 Å². The number of methoxy groups -OCH3 is 1. The van der Waals surface area contributed by atoms with Crippen molar-refractivity contribution in [3.05, 3.63) is 35.4 Å². The van der Waals surface area contributed by atoms with Crippen molar-refractivity contribution < 1.29 is 14.3 Å². The third-order valence-corrected chi connectivity index (χ3v) is 4.02. The van der Waals surface area contributed by atoms with Crippen LogP contribution in [0.25, 0.3) is 0 Å². The molecule has 6 heteroatoms. The number of amides is 1. The molecule has 1 spiro atoms. The summed E-state index contributed by atoms with van der Waals surface area (Å²) in [5.74, 6) is -0.301. The maximum Gasteiger partial charge on any atom is 0.325 e. The summed E-state index contributed by atoms with van der Waals surface area (Å²) in [5, 5.41) is 11.6. The number of benzene rings is 1. The number of aryl methyl sites for hydroxylation is 1. The van der Waals surface area contributed by atoms with Gasteiger partial charge in [-0.05, 0) is 31.9 Å². The van der Waals surface area contributed by atoms with E-state index in [1.807, 2.05) is 31.2 Å². The molecule has 0 aromatic heterocycles. The lowest BCUT2D eigenvalue weighted by atomic mass is 10.1. The highest BCUT2D eigenvalue weighted by Crippen LogP contribution is 2.38. The van der Waals surface area contributed by atoms with Crippen molar-refractivity contribution in [1.29, 1.82) is 5.26 Å². The maximum absolute atomic E-state index is 11.8. The predicted octanol–water partition coefficient (Wildman–Crippen LogP) is 0.990. The summed E-state index contributed by atoms with van der Waals surface area (Å²) < 4.78 is 4.54. The molecule has 1 amide bonds. The summed E-state index contributed by atoms with van der Waals surface area (Å²) in [6.07, 6.45) is 1.78. The van der Waals surface area contributed by atoms with Gasteiger partial charge in [0, 0.05) is 13.1 Å². The van der Waals surface area contributed by atoms with Crippen molar-refractivity contribution in [2.75, 3.05) is 26.7 Å². The van der Waals surface area contributed by atoms with Crippen LogP contribution in [0.1, 0.15) is 24.0 Å². The molecule has 2 fully saturated rings. The Kier molecular flexibility index (Phi) is 5.35. The van der Waals surface area contributed by atoms with Crippen LogP contribution in [-0.2, 0) is 14.3 Å². The Morgan fingerprint density at radius 1 is 1.39 bits per heavy atom. The average Bonchev–Trinajstić information content (AvgIpc) is 3.34. The van der Waals surface area contributed by atoms with Gasteiger partial charge in [0.05, 0.1) is 24.3 Å². The molecule has 23 heavy (non-hydrogen) atoms. The minimum Gasteiger partial charge on any atom is -0.468 e. The second-order valence-electron chi connectivity index (χ2n) is 5.79. The van der Waals surface area contributed by atoms with Crippen molar-refractivity contribution in [3.63, 3.8) is 0 Å². The fourth-order valence-corrected chi connectivity index (χ4v) is 2.42. The highest BCUT2D eigenvalue weighted by Gasteiger charge is 2.53. The van der Waals surface area contributed by atoms with E-state index in [1.54, 1.807) is 4.90 Å². The Hall–Kier alpha value is -2.39. The lowest BCUT2D eigenvalue weighted by Gasteiger charge is -2.32. The summed E-state index contributed by atoms with van der Waals surface area (Å²) >= 11 is 0. The Balaban J connectivity index is 0.000000185. The van der Waals surface area contributed by atoms with Crippen LogP contribution in [0, 0.1) is 18.3 Å². The first-order chi connectivity index (χ1) is 11.0. The summed E-state index contributed by atoms with van der Waals surface area (Å²) in [6.45, 7) is 3.44. The molecule has 0 unspecified atom stereocenters. The van der Waals surface area contributed by atoms with Crippen LogP contribution in [0.5, 0.6) is 0 Å². The Morgan fingerprint density at radius 3 is 2.57 bits per heavy atom. The van der Waals surface area contributed by atoms with Crippen molar-refractivity contribution in [2.45, 2.75) is 25.3 Å². The Bertz CT molecular complexity index is 615. The number of ether oxygens (including phenoxy) is 1. The van der Waals surface area contributed by atoms with Gasteiger partial charge < -0.3 is 15.0 Å². The van der Waals surface area contributed by atoms with Gasteiger partial charge in [0.2, 0.25) is 5.91 Å². The monoisotopic (exact) mass is 315 g/mol. The molecule has 1 saturated heterocycles. The molecule has 1 aromatic carbocycles. The quantitative estimate of drug-likeness (QED) is 0.823. The molecule has 122 valence electrons. The zero-order valence-corrected chi connectivity index (χ0v) is 13.5. The zero-order valence-electron chi connectivity index (χ0n) is 13.5. The van der Waals surface area contributed by atoms with Crippen LogP contribution in [0.15, 0.2) is 24.3 Å². The minimum atomic E-state index is -0.351. The first-order valence-corrected chi connectivity index (χ1v) is 7.59. The predicted molar refractivity (Wildman–Crippen MR) is 84.5 cm³/mol. The van der Waals surface area contributed by atoms with Gasteiger partial charge in [-0.25, -0.2) is 0 Å². The molecule has 1 aromatic rings. The number of nitrogens with one attached hydrogen (secondary N) is 1.